The van der Waals surface area contributed by atoms with Gasteiger partial charge in [-0.25, -0.2) is 0 Å². The molecule has 96 valence electrons. The summed E-state index contributed by atoms with van der Waals surface area (Å²) in [7, 11) is 0. The molecule has 2 aliphatic rings. The first kappa shape index (κ1) is 12.8. The van der Waals surface area contributed by atoms with Gasteiger partial charge < -0.3 is 5.11 Å². The summed E-state index contributed by atoms with van der Waals surface area (Å²) >= 11 is 0. The van der Waals surface area contributed by atoms with E-state index in [-0.39, 0.29) is 0 Å². The van der Waals surface area contributed by atoms with Crippen molar-refractivity contribution >= 4 is 6.29 Å². The Bertz CT molecular complexity index is 328. The summed E-state index contributed by atoms with van der Waals surface area (Å²) in [6.07, 6.45) is 6.93. The molecule has 0 heterocycles. The lowest BCUT2D eigenvalue weighted by Crippen LogP contribution is -2.48. The van der Waals surface area contributed by atoms with E-state index < -0.39 is 5.60 Å². The van der Waals surface area contributed by atoms with Crippen LogP contribution in [0.4, 0.5) is 0 Å². The monoisotopic (exact) mass is 236 g/mol. The highest BCUT2D eigenvalue weighted by molar-refractivity contribution is 5.73. The van der Waals surface area contributed by atoms with Crippen molar-refractivity contribution in [1.29, 1.82) is 0 Å². The van der Waals surface area contributed by atoms with Crippen molar-refractivity contribution in [3.63, 3.8) is 0 Å². The van der Waals surface area contributed by atoms with Crippen LogP contribution >= 0.6 is 0 Å². The van der Waals surface area contributed by atoms with Crippen molar-refractivity contribution in [1.82, 2.24) is 0 Å². The van der Waals surface area contributed by atoms with Crippen LogP contribution in [0.3, 0.4) is 0 Å². The number of carbonyl (C=O) groups excluding carboxylic acids is 1. The topological polar surface area (TPSA) is 37.3 Å². The fourth-order valence-corrected chi connectivity index (χ4v) is 3.82. The zero-order valence-corrected chi connectivity index (χ0v) is 11.1. The SMILES string of the molecule is CC(C)[C@@H]1CC[C@@](C)(O)[C@H]2CCC(C=O)=C[C@@H]12. The van der Waals surface area contributed by atoms with Gasteiger partial charge in [0.1, 0.15) is 6.29 Å². The van der Waals surface area contributed by atoms with Crippen molar-refractivity contribution in [3.8, 4) is 0 Å². The number of rotatable bonds is 2. The van der Waals surface area contributed by atoms with E-state index >= 15 is 0 Å². The molecule has 1 fully saturated rings. The van der Waals surface area contributed by atoms with E-state index in [1.165, 1.54) is 0 Å². The lowest BCUT2D eigenvalue weighted by Gasteiger charge is -2.49. The molecule has 0 saturated heterocycles. The van der Waals surface area contributed by atoms with Crippen LogP contribution in [0.1, 0.15) is 46.5 Å². The summed E-state index contributed by atoms with van der Waals surface area (Å²) in [5.74, 6) is 1.98. The highest BCUT2D eigenvalue weighted by atomic mass is 16.3. The minimum Gasteiger partial charge on any atom is -0.390 e. The van der Waals surface area contributed by atoms with E-state index in [4.69, 9.17) is 0 Å². The third kappa shape index (κ3) is 2.33. The molecule has 2 heteroatoms. The molecule has 17 heavy (non-hydrogen) atoms. The van der Waals surface area contributed by atoms with E-state index in [0.717, 1.165) is 37.5 Å². The van der Waals surface area contributed by atoms with Crippen molar-refractivity contribution in [3.05, 3.63) is 11.6 Å². The smallest absolute Gasteiger partial charge is 0.145 e. The average molecular weight is 236 g/mol. The molecule has 0 aliphatic heterocycles. The third-order valence-corrected chi connectivity index (χ3v) is 4.90. The first-order valence-corrected chi connectivity index (χ1v) is 6.84. The molecule has 0 spiro atoms. The Kier molecular flexibility index (Phi) is 3.44. The van der Waals surface area contributed by atoms with Crippen molar-refractivity contribution < 1.29 is 9.90 Å². The molecule has 4 atom stereocenters. The first-order valence-electron chi connectivity index (χ1n) is 6.84. The lowest BCUT2D eigenvalue weighted by molar-refractivity contribution is -0.106. The van der Waals surface area contributed by atoms with Gasteiger partial charge in [-0.2, -0.15) is 0 Å². The molecule has 2 rings (SSSR count). The van der Waals surface area contributed by atoms with E-state index in [2.05, 4.69) is 19.9 Å². The van der Waals surface area contributed by atoms with Gasteiger partial charge in [0.25, 0.3) is 0 Å². The van der Waals surface area contributed by atoms with E-state index in [1.807, 2.05) is 6.92 Å². The average Bonchev–Trinajstić information content (AvgIpc) is 2.27. The van der Waals surface area contributed by atoms with Crippen molar-refractivity contribution in [2.24, 2.45) is 23.7 Å². The summed E-state index contributed by atoms with van der Waals surface area (Å²) in [5, 5.41) is 10.5. The van der Waals surface area contributed by atoms with Crippen LogP contribution in [0.5, 0.6) is 0 Å². The second-order valence-corrected chi connectivity index (χ2v) is 6.39. The minimum absolute atomic E-state index is 0.340. The highest BCUT2D eigenvalue weighted by Crippen LogP contribution is 2.49. The van der Waals surface area contributed by atoms with Gasteiger partial charge in [0.05, 0.1) is 5.60 Å². The maximum absolute atomic E-state index is 10.9. The van der Waals surface area contributed by atoms with Crippen LogP contribution in [0.15, 0.2) is 11.6 Å². The Balaban J connectivity index is 2.30. The molecule has 0 bridgehead atoms. The predicted octanol–water partition coefficient (Wildman–Crippen LogP) is 2.95. The summed E-state index contributed by atoms with van der Waals surface area (Å²) in [5.41, 5.74) is 0.399. The number of allylic oxidation sites excluding steroid dienone is 2. The van der Waals surface area contributed by atoms with Gasteiger partial charge >= 0.3 is 0 Å². The van der Waals surface area contributed by atoms with Crippen molar-refractivity contribution in [2.75, 3.05) is 0 Å². The number of aldehydes is 1. The standard InChI is InChI=1S/C15H24O2/c1-10(2)12-6-7-15(3,17)14-5-4-11(9-16)8-13(12)14/h8-10,12-14,17H,4-7H2,1-3H3/t12-,13-,14-,15+/m0/s1. The minimum atomic E-state index is -0.541. The Labute approximate surface area is 104 Å². The normalized spacial score (nSPS) is 41.9. The zero-order chi connectivity index (χ0) is 12.6. The third-order valence-electron chi connectivity index (χ3n) is 4.90. The van der Waals surface area contributed by atoms with E-state index in [0.29, 0.717) is 23.7 Å². The number of hydrogen-bond acceptors (Lipinski definition) is 2. The Morgan fingerprint density at radius 1 is 1.47 bits per heavy atom. The van der Waals surface area contributed by atoms with Gasteiger partial charge in [-0.1, -0.05) is 19.9 Å². The molecule has 2 aliphatic carbocycles. The maximum atomic E-state index is 10.9. The summed E-state index contributed by atoms with van der Waals surface area (Å²) in [6.45, 7) is 6.48. The van der Waals surface area contributed by atoms with Gasteiger partial charge in [-0.05, 0) is 61.9 Å². The maximum Gasteiger partial charge on any atom is 0.145 e. The fraction of sp³-hybridized carbons (Fsp3) is 0.800. The van der Waals surface area contributed by atoms with Gasteiger partial charge in [0.15, 0.2) is 0 Å². The van der Waals surface area contributed by atoms with Crippen molar-refractivity contribution in [2.45, 2.75) is 52.1 Å². The number of fused-ring (bicyclic) bond motifs is 1. The molecule has 0 radical (unpaired) electrons. The fourth-order valence-electron chi connectivity index (χ4n) is 3.82. The van der Waals surface area contributed by atoms with Crippen LogP contribution in [-0.4, -0.2) is 17.0 Å². The van der Waals surface area contributed by atoms with E-state index in [9.17, 15) is 9.90 Å². The Morgan fingerprint density at radius 2 is 2.18 bits per heavy atom. The molecule has 2 nitrogen and oxygen atoms in total. The summed E-state index contributed by atoms with van der Waals surface area (Å²) < 4.78 is 0. The number of carbonyl (C=O) groups is 1. The molecular formula is C15H24O2. The summed E-state index contributed by atoms with van der Waals surface area (Å²) in [4.78, 5) is 10.9. The Morgan fingerprint density at radius 3 is 2.76 bits per heavy atom. The molecule has 0 aromatic rings. The second kappa shape index (κ2) is 4.56. The molecule has 0 amide bonds. The van der Waals surface area contributed by atoms with Crippen LogP contribution in [0.2, 0.25) is 0 Å². The van der Waals surface area contributed by atoms with Crippen LogP contribution in [0, 0.1) is 23.7 Å². The van der Waals surface area contributed by atoms with Gasteiger partial charge in [-0.15, -0.1) is 0 Å². The van der Waals surface area contributed by atoms with Gasteiger partial charge in [0, 0.05) is 0 Å². The summed E-state index contributed by atoms with van der Waals surface area (Å²) in [6, 6.07) is 0. The molecule has 1 saturated carbocycles. The van der Waals surface area contributed by atoms with E-state index in [1.54, 1.807) is 0 Å². The molecular weight excluding hydrogens is 212 g/mol. The zero-order valence-electron chi connectivity index (χ0n) is 11.1. The largest absolute Gasteiger partial charge is 0.390 e. The van der Waals surface area contributed by atoms with Crippen LogP contribution in [-0.2, 0) is 4.79 Å². The molecule has 0 unspecified atom stereocenters. The van der Waals surface area contributed by atoms with Crippen LogP contribution < -0.4 is 0 Å². The number of hydrogen-bond donors (Lipinski definition) is 1. The van der Waals surface area contributed by atoms with Gasteiger partial charge in [-0.3, -0.25) is 4.79 Å². The molecule has 1 N–H and O–H groups in total. The predicted molar refractivity (Wildman–Crippen MR) is 68.5 cm³/mol. The highest BCUT2D eigenvalue weighted by Gasteiger charge is 2.46. The second-order valence-electron chi connectivity index (χ2n) is 6.39. The Hall–Kier alpha value is -0.630. The lowest BCUT2D eigenvalue weighted by atomic mass is 9.58. The molecule has 0 aromatic heterocycles. The van der Waals surface area contributed by atoms with Crippen LogP contribution in [0.25, 0.3) is 0 Å². The quantitative estimate of drug-likeness (QED) is 0.748. The van der Waals surface area contributed by atoms with Gasteiger partial charge in [0.2, 0.25) is 0 Å². The first-order chi connectivity index (χ1) is 7.95. The number of aliphatic hydroxyl groups is 1. The molecule has 0 aromatic carbocycles.